The van der Waals surface area contributed by atoms with E-state index in [1.54, 1.807) is 25.0 Å². The van der Waals surface area contributed by atoms with Gasteiger partial charge >= 0.3 is 0 Å². The normalized spacial score (nSPS) is 10.7. The van der Waals surface area contributed by atoms with Crippen LogP contribution in [0.1, 0.15) is 16.2 Å². The zero-order valence-corrected chi connectivity index (χ0v) is 14.6. The Morgan fingerprint density at radius 1 is 1.24 bits per heavy atom. The van der Waals surface area contributed by atoms with E-state index in [-0.39, 0.29) is 11.7 Å². The van der Waals surface area contributed by atoms with Crippen LogP contribution in [0.2, 0.25) is 0 Å². The molecule has 0 unspecified atom stereocenters. The highest BCUT2D eigenvalue weighted by atomic mass is 16.5. The van der Waals surface area contributed by atoms with E-state index >= 15 is 0 Å². The van der Waals surface area contributed by atoms with Crippen LogP contribution in [0.4, 0.5) is 5.82 Å². The first kappa shape index (κ1) is 16.7. The van der Waals surface area contributed by atoms with Crippen molar-refractivity contribution in [2.45, 2.75) is 6.54 Å². The molecule has 0 aliphatic carbocycles. The first-order valence-electron chi connectivity index (χ1n) is 7.78. The molecular weight excluding hydrogens is 320 g/mol. The fraction of sp³-hybridized carbons (Fsp3) is 0.294. The second-order valence-electron chi connectivity index (χ2n) is 5.80. The number of carbonyl (C=O) groups is 1. The van der Waals surface area contributed by atoms with E-state index in [0.29, 0.717) is 18.0 Å². The molecule has 0 fully saturated rings. The Labute approximate surface area is 145 Å². The zero-order valence-electron chi connectivity index (χ0n) is 14.6. The lowest BCUT2D eigenvalue weighted by atomic mass is 10.2. The van der Waals surface area contributed by atoms with Gasteiger partial charge in [0.25, 0.3) is 5.91 Å². The summed E-state index contributed by atoms with van der Waals surface area (Å²) in [5.74, 6) is 1.22. The SMILES string of the molecule is COc1ccc(CNC(=O)c2nc(N(C)C)c3cnn(C)c3n2)cc1. The molecule has 8 heteroatoms. The first-order valence-corrected chi connectivity index (χ1v) is 7.78. The number of aromatic nitrogens is 4. The quantitative estimate of drug-likeness (QED) is 0.755. The molecule has 1 aromatic carbocycles. The molecule has 2 heterocycles. The Balaban J connectivity index is 1.82. The molecule has 3 rings (SSSR count). The van der Waals surface area contributed by atoms with Crippen LogP contribution in [0.15, 0.2) is 30.5 Å². The average Bonchev–Trinajstić information content (AvgIpc) is 3.00. The highest BCUT2D eigenvalue weighted by Gasteiger charge is 2.17. The van der Waals surface area contributed by atoms with Crippen LogP contribution in [0.5, 0.6) is 5.75 Å². The Hall–Kier alpha value is -3.16. The van der Waals surface area contributed by atoms with Gasteiger partial charge in [-0.15, -0.1) is 0 Å². The number of anilines is 1. The molecule has 0 saturated carbocycles. The van der Waals surface area contributed by atoms with Gasteiger partial charge in [-0.2, -0.15) is 5.10 Å². The Bertz CT molecular complexity index is 901. The number of methoxy groups -OCH3 is 1. The lowest BCUT2D eigenvalue weighted by Gasteiger charge is -2.13. The maximum absolute atomic E-state index is 12.5. The molecule has 1 amide bonds. The van der Waals surface area contributed by atoms with Crippen molar-refractivity contribution in [3.63, 3.8) is 0 Å². The third-order valence-electron chi connectivity index (χ3n) is 3.81. The molecule has 0 saturated heterocycles. The Kier molecular flexibility index (Phi) is 4.51. The summed E-state index contributed by atoms with van der Waals surface area (Å²) >= 11 is 0. The Morgan fingerprint density at radius 3 is 2.60 bits per heavy atom. The molecule has 0 aliphatic heterocycles. The molecule has 0 atom stereocenters. The van der Waals surface area contributed by atoms with Crippen molar-refractivity contribution in [1.29, 1.82) is 0 Å². The van der Waals surface area contributed by atoms with Gasteiger partial charge in [-0.25, -0.2) is 9.97 Å². The zero-order chi connectivity index (χ0) is 18.0. The van der Waals surface area contributed by atoms with E-state index in [4.69, 9.17) is 4.74 Å². The summed E-state index contributed by atoms with van der Waals surface area (Å²) in [4.78, 5) is 23.1. The lowest BCUT2D eigenvalue weighted by molar-refractivity contribution is 0.0941. The van der Waals surface area contributed by atoms with E-state index in [1.165, 1.54) is 0 Å². The van der Waals surface area contributed by atoms with Crippen LogP contribution in [0.25, 0.3) is 11.0 Å². The molecule has 0 aliphatic rings. The number of nitrogens with zero attached hydrogens (tertiary/aromatic N) is 5. The van der Waals surface area contributed by atoms with E-state index in [2.05, 4.69) is 20.4 Å². The molecule has 0 spiro atoms. The maximum atomic E-state index is 12.5. The van der Waals surface area contributed by atoms with Gasteiger partial charge in [0, 0.05) is 27.7 Å². The monoisotopic (exact) mass is 340 g/mol. The molecular formula is C17H20N6O2. The predicted octanol–water partition coefficient (Wildman–Crippen LogP) is 1.37. The van der Waals surface area contributed by atoms with Gasteiger partial charge in [0.2, 0.25) is 5.82 Å². The van der Waals surface area contributed by atoms with Crippen molar-refractivity contribution in [3.8, 4) is 5.75 Å². The van der Waals surface area contributed by atoms with E-state index < -0.39 is 0 Å². The number of rotatable bonds is 5. The molecule has 130 valence electrons. The third kappa shape index (κ3) is 3.37. The molecule has 1 N–H and O–H groups in total. The van der Waals surface area contributed by atoms with Crippen LogP contribution in [0.3, 0.4) is 0 Å². The number of benzene rings is 1. The summed E-state index contributed by atoms with van der Waals surface area (Å²) in [6.07, 6.45) is 1.70. The van der Waals surface area contributed by atoms with Gasteiger partial charge in [0.1, 0.15) is 11.6 Å². The van der Waals surface area contributed by atoms with Crippen molar-refractivity contribution in [3.05, 3.63) is 41.9 Å². The first-order chi connectivity index (χ1) is 12.0. The minimum Gasteiger partial charge on any atom is -0.497 e. The van der Waals surface area contributed by atoms with Crippen molar-refractivity contribution < 1.29 is 9.53 Å². The highest BCUT2D eigenvalue weighted by Crippen LogP contribution is 2.21. The molecule has 25 heavy (non-hydrogen) atoms. The summed E-state index contributed by atoms with van der Waals surface area (Å²) in [5, 5.41) is 7.84. The van der Waals surface area contributed by atoms with Crippen molar-refractivity contribution in [2.75, 3.05) is 26.1 Å². The van der Waals surface area contributed by atoms with Crippen molar-refractivity contribution in [2.24, 2.45) is 7.05 Å². The number of hydrogen-bond donors (Lipinski definition) is 1. The molecule has 0 radical (unpaired) electrons. The minimum atomic E-state index is -0.331. The minimum absolute atomic E-state index is 0.119. The van der Waals surface area contributed by atoms with Crippen LogP contribution in [-0.2, 0) is 13.6 Å². The molecule has 2 aromatic heterocycles. The summed E-state index contributed by atoms with van der Waals surface area (Å²) in [5.41, 5.74) is 1.58. The molecule has 8 nitrogen and oxygen atoms in total. The number of hydrogen-bond acceptors (Lipinski definition) is 6. The van der Waals surface area contributed by atoms with Gasteiger partial charge in [-0.3, -0.25) is 9.48 Å². The van der Waals surface area contributed by atoms with Crippen molar-refractivity contribution in [1.82, 2.24) is 25.1 Å². The van der Waals surface area contributed by atoms with Crippen molar-refractivity contribution >= 4 is 22.8 Å². The lowest BCUT2D eigenvalue weighted by Crippen LogP contribution is -2.26. The fourth-order valence-electron chi connectivity index (χ4n) is 2.45. The van der Waals surface area contributed by atoms with Gasteiger partial charge in [-0.1, -0.05) is 12.1 Å². The van der Waals surface area contributed by atoms with Crippen LogP contribution < -0.4 is 15.0 Å². The van der Waals surface area contributed by atoms with Gasteiger partial charge in [0.15, 0.2) is 5.65 Å². The molecule has 0 bridgehead atoms. The number of amides is 1. The van der Waals surface area contributed by atoms with Gasteiger partial charge in [-0.05, 0) is 17.7 Å². The maximum Gasteiger partial charge on any atom is 0.289 e. The Morgan fingerprint density at radius 2 is 1.96 bits per heavy atom. The highest BCUT2D eigenvalue weighted by molar-refractivity contribution is 5.95. The van der Waals surface area contributed by atoms with Crippen LogP contribution in [-0.4, -0.2) is 46.9 Å². The van der Waals surface area contributed by atoms with Gasteiger partial charge < -0.3 is 15.0 Å². The van der Waals surface area contributed by atoms with E-state index in [1.807, 2.05) is 43.3 Å². The van der Waals surface area contributed by atoms with Crippen LogP contribution >= 0.6 is 0 Å². The summed E-state index contributed by atoms with van der Waals surface area (Å²) in [7, 11) is 7.14. The third-order valence-corrected chi connectivity index (χ3v) is 3.81. The predicted molar refractivity (Wildman–Crippen MR) is 94.8 cm³/mol. The number of ether oxygens (including phenoxy) is 1. The summed E-state index contributed by atoms with van der Waals surface area (Å²) in [6.45, 7) is 0.382. The number of aryl methyl sites for hydroxylation is 1. The largest absolute Gasteiger partial charge is 0.497 e. The van der Waals surface area contributed by atoms with Crippen LogP contribution in [0, 0.1) is 0 Å². The second kappa shape index (κ2) is 6.76. The number of nitrogens with one attached hydrogen (secondary N) is 1. The van der Waals surface area contributed by atoms with E-state index in [0.717, 1.165) is 16.7 Å². The summed E-state index contributed by atoms with van der Waals surface area (Å²) in [6, 6.07) is 7.50. The number of carbonyl (C=O) groups excluding carboxylic acids is 1. The topological polar surface area (TPSA) is 85.2 Å². The smallest absolute Gasteiger partial charge is 0.289 e. The second-order valence-corrected chi connectivity index (χ2v) is 5.80. The standard InChI is InChI=1S/C17H20N6O2/c1-22(2)15-13-10-19-23(3)16(13)21-14(20-15)17(24)18-9-11-5-7-12(25-4)8-6-11/h5-8,10H,9H2,1-4H3,(H,18,24). The number of fused-ring (bicyclic) bond motifs is 1. The van der Waals surface area contributed by atoms with E-state index in [9.17, 15) is 4.79 Å². The summed E-state index contributed by atoms with van der Waals surface area (Å²) < 4.78 is 6.75. The molecule has 3 aromatic rings. The average molecular weight is 340 g/mol. The van der Waals surface area contributed by atoms with Gasteiger partial charge in [0.05, 0.1) is 18.7 Å². The fourth-order valence-corrected chi connectivity index (χ4v) is 2.45.